The number of nitrogens with zero attached hydrogens (tertiary/aromatic N) is 1. The van der Waals surface area contributed by atoms with Crippen LogP contribution in [0, 0.1) is 0 Å². The fraction of sp³-hybridized carbons (Fsp3) is 0.125. The smallest absolute Gasteiger partial charge is 0.231 e. The molecular weight excluding hydrogens is 348 g/mol. The van der Waals surface area contributed by atoms with E-state index >= 15 is 0 Å². The number of carbonyl (C=O) groups excluding carboxylic acids is 2. The molecule has 0 bridgehead atoms. The van der Waals surface area contributed by atoms with Crippen molar-refractivity contribution in [1.82, 2.24) is 4.57 Å². The molecular formula is C16H13BrN2O3. The molecule has 6 heteroatoms. The van der Waals surface area contributed by atoms with Gasteiger partial charge in [0.25, 0.3) is 0 Å². The number of furan rings is 1. The predicted octanol–water partition coefficient (Wildman–Crippen LogP) is 3.84. The third-order valence-corrected chi connectivity index (χ3v) is 3.98. The van der Waals surface area contributed by atoms with Gasteiger partial charge in [-0.15, -0.1) is 0 Å². The average Bonchev–Trinajstić information content (AvgIpc) is 3.04. The second kappa shape index (κ2) is 5.81. The first-order valence-corrected chi connectivity index (χ1v) is 7.48. The van der Waals surface area contributed by atoms with Gasteiger partial charge in [-0.25, -0.2) is 0 Å². The molecule has 0 aliphatic heterocycles. The molecule has 22 heavy (non-hydrogen) atoms. The van der Waals surface area contributed by atoms with E-state index in [1.807, 2.05) is 24.3 Å². The highest BCUT2D eigenvalue weighted by molar-refractivity contribution is 9.10. The molecule has 0 saturated carbocycles. The van der Waals surface area contributed by atoms with Gasteiger partial charge in [-0.2, -0.15) is 0 Å². The predicted molar refractivity (Wildman–Crippen MR) is 87.0 cm³/mol. The number of amides is 1. The van der Waals surface area contributed by atoms with E-state index < -0.39 is 0 Å². The third kappa shape index (κ3) is 2.69. The van der Waals surface area contributed by atoms with Crippen LogP contribution in [-0.2, 0) is 11.2 Å². The maximum Gasteiger partial charge on any atom is 0.231 e. The van der Waals surface area contributed by atoms with Crippen LogP contribution < -0.4 is 5.32 Å². The van der Waals surface area contributed by atoms with Crippen LogP contribution in [0.2, 0.25) is 0 Å². The van der Waals surface area contributed by atoms with E-state index in [2.05, 4.69) is 21.2 Å². The van der Waals surface area contributed by atoms with Crippen molar-refractivity contribution in [3.63, 3.8) is 0 Å². The van der Waals surface area contributed by atoms with Gasteiger partial charge in [0.2, 0.25) is 17.7 Å². The molecule has 2 aromatic heterocycles. The zero-order chi connectivity index (χ0) is 15.7. The third-order valence-electron chi connectivity index (χ3n) is 3.35. The summed E-state index contributed by atoms with van der Waals surface area (Å²) in [5, 5.41) is 3.59. The Bertz CT molecular complexity index is 863. The molecule has 0 aliphatic carbocycles. The summed E-state index contributed by atoms with van der Waals surface area (Å²) >= 11 is 3.29. The molecule has 0 unspecified atom stereocenters. The van der Waals surface area contributed by atoms with Crippen molar-refractivity contribution in [3.8, 4) is 0 Å². The van der Waals surface area contributed by atoms with Gasteiger partial charge >= 0.3 is 0 Å². The largest absolute Gasteiger partial charge is 0.447 e. The minimum atomic E-state index is -0.206. The van der Waals surface area contributed by atoms with E-state index in [9.17, 15) is 9.59 Å². The number of aromatic nitrogens is 1. The summed E-state index contributed by atoms with van der Waals surface area (Å²) in [7, 11) is 0. The number of hydrogen-bond donors (Lipinski definition) is 1. The van der Waals surface area contributed by atoms with E-state index in [0.717, 1.165) is 16.5 Å². The van der Waals surface area contributed by atoms with Gasteiger partial charge in [0, 0.05) is 18.5 Å². The normalized spacial score (nSPS) is 10.8. The van der Waals surface area contributed by atoms with Crippen molar-refractivity contribution < 1.29 is 14.0 Å². The molecule has 0 fully saturated rings. The molecule has 1 aromatic carbocycles. The van der Waals surface area contributed by atoms with Gasteiger partial charge in [-0.05, 0) is 33.6 Å². The van der Waals surface area contributed by atoms with Crippen LogP contribution in [0.1, 0.15) is 17.3 Å². The number of carbonyl (C=O) groups is 2. The minimum Gasteiger partial charge on any atom is -0.447 e. The lowest BCUT2D eigenvalue weighted by atomic mass is 10.1. The Morgan fingerprint density at radius 2 is 2.05 bits per heavy atom. The first kappa shape index (κ1) is 14.6. The van der Waals surface area contributed by atoms with Crippen LogP contribution in [0.5, 0.6) is 0 Å². The number of para-hydroxylation sites is 1. The summed E-state index contributed by atoms with van der Waals surface area (Å²) in [5.74, 6) is 0.0825. The summed E-state index contributed by atoms with van der Waals surface area (Å²) in [6.45, 7) is 1.50. The van der Waals surface area contributed by atoms with Gasteiger partial charge in [0.15, 0.2) is 0 Å². The lowest BCUT2D eigenvalue weighted by Crippen LogP contribution is -2.14. The Morgan fingerprint density at radius 3 is 2.73 bits per heavy atom. The Labute approximate surface area is 135 Å². The topological polar surface area (TPSA) is 64.2 Å². The van der Waals surface area contributed by atoms with Crippen molar-refractivity contribution >= 4 is 44.5 Å². The van der Waals surface area contributed by atoms with E-state index in [4.69, 9.17) is 4.42 Å². The molecule has 0 atom stereocenters. The van der Waals surface area contributed by atoms with Crippen molar-refractivity contribution in [2.75, 3.05) is 5.32 Å². The summed E-state index contributed by atoms with van der Waals surface area (Å²) < 4.78 is 7.41. The van der Waals surface area contributed by atoms with Crippen molar-refractivity contribution in [2.45, 2.75) is 13.3 Å². The SMILES string of the molecule is CC(=O)n1cc(CC(=O)Nc2occc2Br)c2ccccc21. The molecule has 2 heterocycles. The number of halogens is 1. The quantitative estimate of drug-likeness (QED) is 0.771. The van der Waals surface area contributed by atoms with Crippen molar-refractivity contribution in [3.05, 3.63) is 52.8 Å². The lowest BCUT2D eigenvalue weighted by molar-refractivity contribution is -0.115. The molecule has 1 N–H and O–H groups in total. The Kier molecular flexibility index (Phi) is 3.85. The fourth-order valence-corrected chi connectivity index (χ4v) is 2.68. The van der Waals surface area contributed by atoms with Crippen molar-refractivity contribution in [1.29, 1.82) is 0 Å². The zero-order valence-electron chi connectivity index (χ0n) is 11.8. The van der Waals surface area contributed by atoms with Crippen LogP contribution in [0.3, 0.4) is 0 Å². The zero-order valence-corrected chi connectivity index (χ0v) is 13.4. The summed E-state index contributed by atoms with van der Waals surface area (Å²) in [5.41, 5.74) is 1.60. The molecule has 0 radical (unpaired) electrons. The molecule has 5 nitrogen and oxygen atoms in total. The molecule has 3 aromatic rings. The highest BCUT2D eigenvalue weighted by Gasteiger charge is 2.15. The molecule has 3 rings (SSSR count). The maximum atomic E-state index is 12.2. The van der Waals surface area contributed by atoms with Gasteiger partial charge in [0.1, 0.15) is 0 Å². The number of benzene rings is 1. The average molecular weight is 361 g/mol. The lowest BCUT2D eigenvalue weighted by Gasteiger charge is -2.02. The Balaban J connectivity index is 1.89. The summed E-state index contributed by atoms with van der Waals surface area (Å²) in [6.07, 6.45) is 3.36. The highest BCUT2D eigenvalue weighted by Crippen LogP contribution is 2.25. The van der Waals surface area contributed by atoms with Crippen LogP contribution >= 0.6 is 15.9 Å². The first-order chi connectivity index (χ1) is 10.6. The second-order valence-electron chi connectivity index (χ2n) is 4.88. The Morgan fingerprint density at radius 1 is 1.27 bits per heavy atom. The van der Waals surface area contributed by atoms with Gasteiger partial charge in [-0.1, -0.05) is 18.2 Å². The number of rotatable bonds is 3. The monoisotopic (exact) mass is 360 g/mol. The van der Waals surface area contributed by atoms with Gasteiger partial charge in [0.05, 0.1) is 22.7 Å². The molecule has 0 aliphatic rings. The number of anilines is 1. The van der Waals surface area contributed by atoms with Crippen LogP contribution in [0.25, 0.3) is 10.9 Å². The molecule has 112 valence electrons. The summed E-state index contributed by atoms with van der Waals surface area (Å²) in [6, 6.07) is 9.22. The number of nitrogens with one attached hydrogen (secondary N) is 1. The van der Waals surface area contributed by atoms with Crippen LogP contribution in [-0.4, -0.2) is 16.4 Å². The maximum absolute atomic E-state index is 12.2. The molecule has 0 spiro atoms. The van der Waals surface area contributed by atoms with E-state index in [0.29, 0.717) is 10.4 Å². The van der Waals surface area contributed by atoms with Gasteiger partial charge < -0.3 is 4.42 Å². The Hall–Kier alpha value is -2.34. The molecule has 0 saturated heterocycles. The summed E-state index contributed by atoms with van der Waals surface area (Å²) in [4.78, 5) is 23.9. The van der Waals surface area contributed by atoms with E-state index in [1.54, 1.807) is 16.8 Å². The van der Waals surface area contributed by atoms with Crippen LogP contribution in [0.15, 0.2) is 51.7 Å². The van der Waals surface area contributed by atoms with Crippen molar-refractivity contribution in [2.24, 2.45) is 0 Å². The van der Waals surface area contributed by atoms with E-state index in [-0.39, 0.29) is 18.2 Å². The fourth-order valence-electron chi connectivity index (χ4n) is 2.38. The molecule has 1 amide bonds. The minimum absolute atomic E-state index is 0.0864. The van der Waals surface area contributed by atoms with E-state index in [1.165, 1.54) is 13.2 Å². The first-order valence-electron chi connectivity index (χ1n) is 6.69. The number of hydrogen-bond acceptors (Lipinski definition) is 3. The van der Waals surface area contributed by atoms with Crippen LogP contribution in [0.4, 0.5) is 5.88 Å². The van der Waals surface area contributed by atoms with Gasteiger partial charge in [-0.3, -0.25) is 19.5 Å². The second-order valence-corrected chi connectivity index (χ2v) is 5.74. The highest BCUT2D eigenvalue weighted by atomic mass is 79.9. The standard InChI is InChI=1S/C16H13BrN2O3/c1-10(20)19-9-11(12-4-2-3-5-14(12)19)8-15(21)18-16-13(17)6-7-22-16/h2-7,9H,8H2,1H3,(H,18,21). The number of fused-ring (bicyclic) bond motifs is 1.